The van der Waals surface area contributed by atoms with Crippen LogP contribution in [0.15, 0.2) is 103 Å². The van der Waals surface area contributed by atoms with Gasteiger partial charge in [0.25, 0.3) is 0 Å². The van der Waals surface area contributed by atoms with E-state index in [0.29, 0.717) is 23.1 Å². The van der Waals surface area contributed by atoms with Gasteiger partial charge in [0.2, 0.25) is 0 Å². The zero-order valence-corrected chi connectivity index (χ0v) is 24.6. The minimum absolute atomic E-state index is 0.246. The van der Waals surface area contributed by atoms with Crippen molar-refractivity contribution in [1.29, 1.82) is 0 Å². The molecule has 0 spiro atoms. The second-order valence-corrected chi connectivity index (χ2v) is 11.2. The van der Waals surface area contributed by atoms with Crippen LogP contribution in [0.2, 0.25) is 5.02 Å². The maximum absolute atomic E-state index is 13.9. The van der Waals surface area contributed by atoms with Gasteiger partial charge in [0.05, 0.1) is 11.6 Å². The largest absolute Gasteiger partial charge is 0.324 e. The van der Waals surface area contributed by atoms with Crippen molar-refractivity contribution in [2.45, 2.75) is 46.1 Å². The maximum Gasteiger partial charge on any atom is 0.324 e. The molecule has 0 radical (unpaired) electrons. The lowest BCUT2D eigenvalue weighted by molar-refractivity contribution is 0.262. The van der Waals surface area contributed by atoms with Crippen LogP contribution in [0.4, 0.5) is 16.3 Å². The topological polar surface area (TPSA) is 59.0 Å². The molecule has 0 atom stereocenters. The molecule has 2 amide bonds. The third-order valence-corrected chi connectivity index (χ3v) is 7.49. The maximum atomic E-state index is 13.9. The molecule has 0 saturated heterocycles. The van der Waals surface area contributed by atoms with Crippen LogP contribution in [0.3, 0.4) is 0 Å². The van der Waals surface area contributed by atoms with E-state index in [9.17, 15) is 4.79 Å². The van der Waals surface area contributed by atoms with Crippen molar-refractivity contribution in [1.82, 2.24) is 9.55 Å². The van der Waals surface area contributed by atoms with E-state index in [1.165, 1.54) is 0 Å². The van der Waals surface area contributed by atoms with Gasteiger partial charge < -0.3 is 9.88 Å². The minimum atomic E-state index is -0.331. The van der Waals surface area contributed by atoms with E-state index in [4.69, 9.17) is 16.6 Å². The molecular formula is C35H35ClN4O. The standard InChI is InChI=1S/C35H35ClN4O/c1-23(2)27-19-13-20-28(24(3)4)31(27)38-35(41)39-34-32(29-18-11-12-21-30(29)36)37-33(26-16-9-6-10-17-26)40(34)22-25-14-7-5-8-15-25/h5-21,23-24H,22H2,1-4H3,(H2,38,39,41). The van der Waals surface area contributed by atoms with Crippen LogP contribution in [0.1, 0.15) is 56.2 Å². The van der Waals surface area contributed by atoms with E-state index < -0.39 is 0 Å². The quantitative estimate of drug-likeness (QED) is 0.198. The highest BCUT2D eigenvalue weighted by Crippen LogP contribution is 2.38. The third-order valence-electron chi connectivity index (χ3n) is 7.16. The van der Waals surface area contributed by atoms with Gasteiger partial charge in [-0.15, -0.1) is 0 Å². The first-order valence-electron chi connectivity index (χ1n) is 14.0. The van der Waals surface area contributed by atoms with Gasteiger partial charge in [0.15, 0.2) is 0 Å². The third kappa shape index (κ3) is 6.21. The monoisotopic (exact) mass is 562 g/mol. The van der Waals surface area contributed by atoms with Crippen molar-refractivity contribution in [3.05, 3.63) is 125 Å². The van der Waals surface area contributed by atoms with Gasteiger partial charge in [-0.2, -0.15) is 0 Å². The fourth-order valence-corrected chi connectivity index (χ4v) is 5.32. The summed E-state index contributed by atoms with van der Waals surface area (Å²) < 4.78 is 2.06. The van der Waals surface area contributed by atoms with Gasteiger partial charge in [-0.05, 0) is 34.6 Å². The molecule has 0 fully saturated rings. The molecule has 4 aromatic carbocycles. The van der Waals surface area contributed by atoms with E-state index in [1.54, 1.807) is 0 Å². The molecule has 1 aromatic heterocycles. The molecule has 41 heavy (non-hydrogen) atoms. The van der Waals surface area contributed by atoms with E-state index in [-0.39, 0.29) is 17.9 Å². The smallest absolute Gasteiger partial charge is 0.307 e. The second-order valence-electron chi connectivity index (χ2n) is 10.8. The number of benzene rings is 4. The number of halogens is 1. The van der Waals surface area contributed by atoms with E-state index in [2.05, 4.69) is 73.2 Å². The summed E-state index contributed by atoms with van der Waals surface area (Å²) in [5.41, 5.74) is 6.44. The summed E-state index contributed by atoms with van der Waals surface area (Å²) in [6, 6.07) is 33.6. The summed E-state index contributed by atoms with van der Waals surface area (Å²) in [6.45, 7) is 9.06. The Bertz CT molecular complexity index is 1620. The molecule has 6 heteroatoms. The normalized spacial score (nSPS) is 11.2. The Morgan fingerprint density at radius 3 is 1.95 bits per heavy atom. The molecule has 1 heterocycles. The van der Waals surface area contributed by atoms with Crippen LogP contribution in [0.25, 0.3) is 22.6 Å². The van der Waals surface area contributed by atoms with Crippen molar-refractivity contribution in [2.75, 3.05) is 10.6 Å². The summed E-state index contributed by atoms with van der Waals surface area (Å²) in [7, 11) is 0. The highest BCUT2D eigenvalue weighted by molar-refractivity contribution is 6.33. The Morgan fingerprint density at radius 2 is 1.34 bits per heavy atom. The number of para-hydroxylation sites is 1. The first kappa shape index (κ1) is 28.2. The number of amides is 2. The van der Waals surface area contributed by atoms with Crippen LogP contribution in [0, 0.1) is 0 Å². The summed E-state index contributed by atoms with van der Waals surface area (Å²) in [6.07, 6.45) is 0. The van der Waals surface area contributed by atoms with Crippen LogP contribution >= 0.6 is 11.6 Å². The number of nitrogens with one attached hydrogen (secondary N) is 2. The van der Waals surface area contributed by atoms with Crippen molar-refractivity contribution >= 4 is 29.1 Å². The fourth-order valence-electron chi connectivity index (χ4n) is 5.10. The molecule has 0 saturated carbocycles. The number of carbonyl (C=O) groups is 1. The SMILES string of the molecule is CC(C)c1cccc(C(C)C)c1NC(=O)Nc1c(-c2ccccc2Cl)nc(-c2ccccc2)n1Cc1ccccc1. The number of anilines is 2. The van der Waals surface area contributed by atoms with Crippen LogP contribution in [0.5, 0.6) is 0 Å². The number of imidazole rings is 1. The molecule has 0 unspecified atom stereocenters. The first-order chi connectivity index (χ1) is 19.8. The van der Waals surface area contributed by atoms with Gasteiger partial charge in [-0.3, -0.25) is 5.32 Å². The summed E-state index contributed by atoms with van der Waals surface area (Å²) in [5, 5.41) is 6.95. The summed E-state index contributed by atoms with van der Waals surface area (Å²) >= 11 is 6.70. The van der Waals surface area contributed by atoms with Gasteiger partial charge in [0.1, 0.15) is 17.3 Å². The average Bonchev–Trinajstić information content (AvgIpc) is 3.31. The summed E-state index contributed by atoms with van der Waals surface area (Å²) in [5.74, 6) is 1.81. The Balaban J connectivity index is 1.65. The lowest BCUT2D eigenvalue weighted by Gasteiger charge is -2.21. The lowest BCUT2D eigenvalue weighted by Crippen LogP contribution is -2.24. The molecule has 2 N–H and O–H groups in total. The highest BCUT2D eigenvalue weighted by Gasteiger charge is 2.24. The Kier molecular flexibility index (Phi) is 8.55. The zero-order valence-electron chi connectivity index (χ0n) is 23.9. The predicted octanol–water partition coefficient (Wildman–Crippen LogP) is 9.81. The van der Waals surface area contributed by atoms with Crippen molar-refractivity contribution in [3.63, 3.8) is 0 Å². The predicted molar refractivity (Wildman–Crippen MR) is 171 cm³/mol. The average molecular weight is 563 g/mol. The summed E-state index contributed by atoms with van der Waals surface area (Å²) in [4.78, 5) is 18.9. The molecule has 5 rings (SSSR count). The molecular weight excluding hydrogens is 528 g/mol. The first-order valence-corrected chi connectivity index (χ1v) is 14.4. The zero-order chi connectivity index (χ0) is 28.9. The molecule has 0 aliphatic carbocycles. The number of aromatic nitrogens is 2. The minimum Gasteiger partial charge on any atom is -0.307 e. The van der Waals surface area contributed by atoms with Gasteiger partial charge in [0, 0.05) is 16.8 Å². The lowest BCUT2D eigenvalue weighted by atomic mass is 9.93. The highest BCUT2D eigenvalue weighted by atomic mass is 35.5. The van der Waals surface area contributed by atoms with E-state index in [1.807, 2.05) is 72.8 Å². The molecule has 208 valence electrons. The van der Waals surface area contributed by atoms with Gasteiger partial charge in [-0.25, -0.2) is 9.78 Å². The van der Waals surface area contributed by atoms with E-state index >= 15 is 0 Å². The molecule has 0 bridgehead atoms. The van der Waals surface area contributed by atoms with Crippen LogP contribution in [-0.2, 0) is 6.54 Å². The molecule has 5 aromatic rings. The number of hydrogen-bond acceptors (Lipinski definition) is 2. The van der Waals surface area contributed by atoms with Crippen molar-refractivity contribution in [3.8, 4) is 22.6 Å². The molecule has 0 aliphatic rings. The van der Waals surface area contributed by atoms with Crippen molar-refractivity contribution < 1.29 is 4.79 Å². The van der Waals surface area contributed by atoms with E-state index in [0.717, 1.165) is 39.3 Å². The van der Waals surface area contributed by atoms with Crippen LogP contribution < -0.4 is 10.6 Å². The number of carbonyl (C=O) groups excluding carboxylic acids is 1. The second kappa shape index (κ2) is 12.4. The Labute approximate surface area is 247 Å². The van der Waals surface area contributed by atoms with Gasteiger partial charge >= 0.3 is 6.03 Å². The Hall–Kier alpha value is -4.35. The van der Waals surface area contributed by atoms with Crippen LogP contribution in [-0.4, -0.2) is 15.6 Å². The Morgan fingerprint density at radius 1 is 0.756 bits per heavy atom. The fraction of sp³-hybridized carbons (Fsp3) is 0.200. The number of rotatable bonds is 8. The van der Waals surface area contributed by atoms with Gasteiger partial charge in [-0.1, -0.05) is 136 Å². The van der Waals surface area contributed by atoms with Crippen molar-refractivity contribution in [2.24, 2.45) is 0 Å². The number of nitrogens with zero attached hydrogens (tertiary/aromatic N) is 2. The molecule has 0 aliphatic heterocycles. The molecule has 5 nitrogen and oxygen atoms in total. The number of hydrogen-bond donors (Lipinski definition) is 2. The number of urea groups is 1.